The average Bonchev–Trinajstić information content (AvgIpc) is 2.87. The summed E-state index contributed by atoms with van der Waals surface area (Å²) < 4.78 is 0. The predicted octanol–water partition coefficient (Wildman–Crippen LogP) is 3.03. The third kappa shape index (κ3) is 2.36. The molecule has 5 nitrogen and oxygen atoms in total. The highest BCUT2D eigenvalue weighted by Crippen LogP contribution is 2.43. The van der Waals surface area contributed by atoms with Crippen LogP contribution in [0.2, 0.25) is 0 Å². The minimum absolute atomic E-state index is 0.0741. The van der Waals surface area contributed by atoms with Crippen molar-refractivity contribution in [1.29, 1.82) is 0 Å². The molecule has 5 heteroatoms. The van der Waals surface area contributed by atoms with Crippen LogP contribution in [0.1, 0.15) is 63.3 Å². The third-order valence-electron chi connectivity index (χ3n) is 5.27. The summed E-state index contributed by atoms with van der Waals surface area (Å²) in [5.74, 6) is 1.73. The molecule has 22 heavy (non-hydrogen) atoms. The Morgan fingerprint density at radius 2 is 1.73 bits per heavy atom. The summed E-state index contributed by atoms with van der Waals surface area (Å²) in [6, 6.07) is 0. The van der Waals surface area contributed by atoms with Gasteiger partial charge in [0.2, 0.25) is 0 Å². The highest BCUT2D eigenvalue weighted by atomic mass is 17.0. The monoisotopic (exact) mass is 306 g/mol. The summed E-state index contributed by atoms with van der Waals surface area (Å²) in [4.78, 5) is 21.9. The van der Waals surface area contributed by atoms with E-state index in [0.29, 0.717) is 31.6 Å². The van der Waals surface area contributed by atoms with Crippen molar-refractivity contribution in [3.63, 3.8) is 0 Å². The number of fused-ring (bicyclic) bond motifs is 1. The largest absolute Gasteiger partial charge is 0.237 e. The molecule has 0 amide bonds. The molecule has 3 rings (SSSR count). The van der Waals surface area contributed by atoms with Gasteiger partial charge in [-0.05, 0) is 24.6 Å². The Balaban J connectivity index is 2.17. The molecule has 0 radical (unpaired) electrons. The van der Waals surface area contributed by atoms with Gasteiger partial charge in [-0.1, -0.05) is 27.7 Å². The minimum atomic E-state index is -0.0741. The molecule has 1 spiro atoms. The Morgan fingerprint density at radius 3 is 2.27 bits per heavy atom. The highest BCUT2D eigenvalue weighted by Gasteiger charge is 2.54. The number of aromatic nitrogens is 2. The molecule has 0 bridgehead atoms. The van der Waals surface area contributed by atoms with E-state index in [2.05, 4.69) is 41.5 Å². The van der Waals surface area contributed by atoms with Crippen molar-refractivity contribution in [1.82, 2.24) is 9.97 Å². The number of nitrogens with zero attached hydrogens (tertiary/aromatic N) is 3. The second-order valence-electron chi connectivity index (χ2n) is 7.52. The summed E-state index contributed by atoms with van der Waals surface area (Å²) in [5, 5.41) is 0. The van der Waals surface area contributed by atoms with Gasteiger partial charge in [-0.25, -0.2) is 9.97 Å². The predicted molar refractivity (Wildman–Crippen MR) is 83.8 cm³/mol. The van der Waals surface area contributed by atoms with Crippen LogP contribution in [0.5, 0.6) is 0 Å². The molecule has 2 aliphatic heterocycles. The van der Waals surface area contributed by atoms with Gasteiger partial charge >= 0.3 is 0 Å². The Hall–Kier alpha value is -1.04. The van der Waals surface area contributed by atoms with Crippen molar-refractivity contribution < 1.29 is 14.5 Å². The second kappa shape index (κ2) is 5.25. The van der Waals surface area contributed by atoms with Gasteiger partial charge in [0.05, 0.1) is 22.4 Å². The molecule has 0 aromatic carbocycles. The van der Waals surface area contributed by atoms with E-state index in [1.165, 1.54) is 11.3 Å². The third-order valence-corrected chi connectivity index (χ3v) is 5.27. The molecular weight excluding hydrogens is 278 g/mol. The lowest BCUT2D eigenvalue weighted by Gasteiger charge is -2.44. The van der Waals surface area contributed by atoms with Crippen molar-refractivity contribution in [2.45, 2.75) is 59.4 Å². The molecule has 0 N–H and O–H groups in total. The minimum Gasteiger partial charge on any atom is -0.237 e. The Labute approximate surface area is 133 Å². The molecular formula is C17H28N3O2+. The second-order valence-corrected chi connectivity index (χ2v) is 7.52. The highest BCUT2D eigenvalue weighted by molar-refractivity contribution is 5.33. The molecule has 2 aliphatic rings. The van der Waals surface area contributed by atoms with Crippen molar-refractivity contribution in [2.24, 2.45) is 5.92 Å². The van der Waals surface area contributed by atoms with Crippen LogP contribution in [0, 0.1) is 12.8 Å². The fraction of sp³-hybridized carbons (Fsp3) is 0.765. The standard InChI is InChI=1S/C17H28N3O2/c1-11(2)16-18-13(5)14-9-20(21-7-8-22-20)10-17(6,12(3)4)15(14)19-16/h11-12H,7-10H2,1-6H3/q+1. The molecule has 1 unspecified atom stereocenters. The number of aryl methyl sites for hydroxylation is 1. The van der Waals surface area contributed by atoms with Gasteiger partial charge in [0.15, 0.2) is 13.1 Å². The molecule has 1 aromatic rings. The maximum atomic E-state index is 5.98. The van der Waals surface area contributed by atoms with Crippen molar-refractivity contribution in [2.75, 3.05) is 19.8 Å². The summed E-state index contributed by atoms with van der Waals surface area (Å²) in [6.45, 7) is 16.0. The van der Waals surface area contributed by atoms with E-state index >= 15 is 0 Å². The van der Waals surface area contributed by atoms with Crippen molar-refractivity contribution >= 4 is 0 Å². The SMILES string of the molecule is Cc1nc(C(C)C)nc2c1C[N+]1(CC2(C)C(C)C)OCCO1. The first-order valence-electron chi connectivity index (χ1n) is 8.31. The Bertz CT molecular complexity index is 580. The zero-order valence-corrected chi connectivity index (χ0v) is 14.6. The first-order chi connectivity index (χ1) is 10.3. The number of hydroxylamine groups is 4. The number of hydrogen-bond acceptors (Lipinski definition) is 4. The van der Waals surface area contributed by atoms with Gasteiger partial charge < -0.3 is 0 Å². The van der Waals surface area contributed by atoms with Gasteiger partial charge in [0.1, 0.15) is 19.0 Å². The fourth-order valence-electron chi connectivity index (χ4n) is 3.49. The van der Waals surface area contributed by atoms with Gasteiger partial charge in [-0.15, -0.1) is 0 Å². The van der Waals surface area contributed by atoms with Gasteiger partial charge in [-0.2, -0.15) is 9.68 Å². The molecule has 0 aliphatic carbocycles. The van der Waals surface area contributed by atoms with Crippen LogP contribution in [-0.4, -0.2) is 34.5 Å². The van der Waals surface area contributed by atoms with Crippen LogP contribution < -0.4 is 0 Å². The lowest BCUT2D eigenvalue weighted by Crippen LogP contribution is -2.57. The molecule has 1 saturated heterocycles. The van der Waals surface area contributed by atoms with Gasteiger partial charge in [-0.3, -0.25) is 0 Å². The number of quaternary nitrogens is 1. The smallest absolute Gasteiger partial charge is 0.171 e. The number of hydrogen-bond donors (Lipinski definition) is 0. The van der Waals surface area contributed by atoms with Crippen LogP contribution in [0.3, 0.4) is 0 Å². The van der Waals surface area contributed by atoms with Crippen LogP contribution in [-0.2, 0) is 21.6 Å². The van der Waals surface area contributed by atoms with Crippen molar-refractivity contribution in [3.05, 3.63) is 22.8 Å². The summed E-state index contributed by atoms with van der Waals surface area (Å²) in [7, 11) is 0. The first kappa shape index (κ1) is 15.8. The van der Waals surface area contributed by atoms with E-state index in [1.807, 2.05) is 0 Å². The Kier molecular flexibility index (Phi) is 3.78. The lowest BCUT2D eigenvalue weighted by atomic mass is 9.72. The summed E-state index contributed by atoms with van der Waals surface area (Å²) >= 11 is 0. The Morgan fingerprint density at radius 1 is 1.09 bits per heavy atom. The molecule has 0 saturated carbocycles. The molecule has 3 heterocycles. The summed E-state index contributed by atoms with van der Waals surface area (Å²) in [5.41, 5.74) is 3.39. The molecule has 122 valence electrons. The maximum Gasteiger partial charge on any atom is 0.171 e. The van der Waals surface area contributed by atoms with Crippen molar-refractivity contribution in [3.8, 4) is 0 Å². The van der Waals surface area contributed by atoms with Gasteiger partial charge in [0.25, 0.3) is 0 Å². The van der Waals surface area contributed by atoms with Crippen LogP contribution >= 0.6 is 0 Å². The zero-order chi connectivity index (χ0) is 16.1. The maximum absolute atomic E-state index is 5.98. The molecule has 1 aromatic heterocycles. The van der Waals surface area contributed by atoms with E-state index in [9.17, 15) is 0 Å². The van der Waals surface area contributed by atoms with E-state index in [4.69, 9.17) is 19.6 Å². The molecule has 1 atom stereocenters. The number of rotatable bonds is 2. The first-order valence-corrected chi connectivity index (χ1v) is 8.31. The zero-order valence-electron chi connectivity index (χ0n) is 14.6. The average molecular weight is 306 g/mol. The van der Waals surface area contributed by atoms with E-state index in [1.54, 1.807) is 0 Å². The van der Waals surface area contributed by atoms with Crippen LogP contribution in [0.25, 0.3) is 0 Å². The summed E-state index contributed by atoms with van der Waals surface area (Å²) in [6.07, 6.45) is 0. The normalized spacial score (nSPS) is 26.9. The molecule has 1 fully saturated rings. The van der Waals surface area contributed by atoms with Crippen LogP contribution in [0.15, 0.2) is 0 Å². The lowest BCUT2D eigenvalue weighted by molar-refractivity contribution is -1.24. The van der Waals surface area contributed by atoms with E-state index in [-0.39, 0.29) is 10.2 Å². The quantitative estimate of drug-likeness (QED) is 0.788. The van der Waals surface area contributed by atoms with E-state index in [0.717, 1.165) is 18.1 Å². The van der Waals surface area contributed by atoms with E-state index < -0.39 is 0 Å². The van der Waals surface area contributed by atoms with Crippen LogP contribution in [0.4, 0.5) is 0 Å². The fourth-order valence-corrected chi connectivity index (χ4v) is 3.49. The van der Waals surface area contributed by atoms with Gasteiger partial charge in [0, 0.05) is 5.92 Å². The topological polar surface area (TPSA) is 44.2 Å².